The van der Waals surface area contributed by atoms with Gasteiger partial charge in [0, 0.05) is 58.1 Å². The fourth-order valence-corrected chi connectivity index (χ4v) is 12.0. The van der Waals surface area contributed by atoms with Gasteiger partial charge in [-0.3, -0.25) is 19.2 Å². The van der Waals surface area contributed by atoms with Crippen LogP contribution in [0.4, 0.5) is 0 Å². The number of carbonyl (C=O) groups is 4. The van der Waals surface area contributed by atoms with Gasteiger partial charge in [-0.1, -0.05) is 13.8 Å². The maximum atomic E-state index is 15.0. The number of aliphatic hydroxyl groups is 7. The third-order valence-electron chi connectivity index (χ3n) is 16.4. The summed E-state index contributed by atoms with van der Waals surface area (Å²) in [5.74, 6) is -5.88. The van der Waals surface area contributed by atoms with Gasteiger partial charge in [-0.25, -0.2) is 0 Å². The second-order valence-corrected chi connectivity index (χ2v) is 23.5. The fraction of sp³-hybridized carbons (Fsp3) is 0.754. The van der Waals surface area contributed by atoms with Gasteiger partial charge in [0.2, 0.25) is 6.29 Å². The molecule has 5 heterocycles. The zero-order chi connectivity index (χ0) is 60.8. The Morgan fingerprint density at radius 2 is 1.24 bits per heavy atom. The van der Waals surface area contributed by atoms with Crippen LogP contribution in [-0.4, -0.2) is 223 Å². The zero-order valence-electron chi connectivity index (χ0n) is 48.4. The average molecular weight is 1180 g/mol. The summed E-state index contributed by atoms with van der Waals surface area (Å²) in [6, 6.07) is 4.14. The normalized spacial score (nSPS) is 39.8. The number of hydrogen-bond acceptors (Lipinski definition) is 26. The highest BCUT2D eigenvalue weighted by atomic mass is 16.7. The molecule has 25 unspecified atom stereocenters. The molecule has 0 saturated carbocycles. The molecule has 5 saturated heterocycles. The van der Waals surface area contributed by atoms with Crippen molar-refractivity contribution in [3.8, 4) is 17.2 Å². The van der Waals surface area contributed by atoms with E-state index in [-0.39, 0.29) is 66.2 Å². The van der Waals surface area contributed by atoms with Crippen molar-refractivity contribution in [2.75, 3.05) is 7.11 Å². The Morgan fingerprint density at radius 1 is 0.687 bits per heavy atom. The number of phenolic OH excluding ortho intramolecular Hbond substituents is 2. The molecule has 2 aromatic carbocycles. The minimum atomic E-state index is -1.97. The lowest BCUT2D eigenvalue weighted by molar-refractivity contribution is -0.334. The Labute approximate surface area is 480 Å². The van der Waals surface area contributed by atoms with E-state index in [2.05, 4.69) is 0 Å². The number of ketones is 2. The van der Waals surface area contributed by atoms with Crippen molar-refractivity contribution in [3.05, 3.63) is 29.3 Å². The van der Waals surface area contributed by atoms with Crippen LogP contribution in [0, 0.1) is 11.8 Å². The average Bonchev–Trinajstić information content (AvgIpc) is 2.17. The molecule has 0 bridgehead atoms. The van der Waals surface area contributed by atoms with Crippen LogP contribution in [0.1, 0.15) is 117 Å². The zero-order valence-corrected chi connectivity index (χ0v) is 48.4. The highest BCUT2D eigenvalue weighted by molar-refractivity contribution is 6.11. The molecule has 25 atom stereocenters. The quantitative estimate of drug-likeness (QED) is 0.0948. The van der Waals surface area contributed by atoms with E-state index in [1.807, 2.05) is 0 Å². The lowest BCUT2D eigenvalue weighted by Crippen LogP contribution is -2.59. The van der Waals surface area contributed by atoms with Crippen molar-refractivity contribution in [1.29, 1.82) is 0 Å². The monoisotopic (exact) mass is 1180 g/mol. The first-order valence-corrected chi connectivity index (χ1v) is 28.3. The van der Waals surface area contributed by atoms with Crippen LogP contribution in [0.2, 0.25) is 0 Å². The van der Waals surface area contributed by atoms with Crippen LogP contribution >= 0.6 is 0 Å². The number of ether oxygens (including phenoxy) is 13. The summed E-state index contributed by atoms with van der Waals surface area (Å²) in [5.41, 5.74) is -1.68. The first-order valence-electron chi connectivity index (χ1n) is 28.3. The van der Waals surface area contributed by atoms with Crippen LogP contribution in [0.3, 0.4) is 0 Å². The molecule has 0 radical (unpaired) electrons. The lowest BCUT2D eigenvalue weighted by Gasteiger charge is -2.47. The van der Waals surface area contributed by atoms with E-state index in [9.17, 15) is 60.3 Å². The standard InChI is InChI=1S/C57H82O26/c1-21(2)56(69)83-55-27(8)76-42(20-57(55,10)70)80-36-17-40(73-24(5)48(36)65)79-35-18-41(74-25(6)47(35)64)82-54-32(53(71-11)51(68)45(62)22(3)58)14-30-12-29-13-31(15-33(60)43(29)49(66)44(30)50(54)67)78-39-19-37(77-28(9)59)52(26(7)75-39)81-38-16-34(61)46(63)23(4)72-38/h12-13,15,21-27,32,34-42,45-48,52-55,58,60-66,70H,14,16-20H2,1-11H3. The molecule has 9 N–H and O–H groups in total. The van der Waals surface area contributed by atoms with E-state index in [1.165, 1.54) is 53.0 Å². The number of Topliss-reactive ketones (excluding diaryl/α,β-unsaturated/α-hetero) is 2. The van der Waals surface area contributed by atoms with Crippen molar-refractivity contribution >= 4 is 34.3 Å². The molecule has 1 aliphatic carbocycles. The summed E-state index contributed by atoms with van der Waals surface area (Å²) < 4.78 is 78.4. The van der Waals surface area contributed by atoms with Crippen LogP contribution < -0.4 is 4.74 Å². The number of carbonyl (C=O) groups excluding carboxylic acids is 4. The van der Waals surface area contributed by atoms with E-state index < -0.39 is 194 Å². The molecule has 0 amide bonds. The second-order valence-electron chi connectivity index (χ2n) is 23.5. The van der Waals surface area contributed by atoms with Crippen LogP contribution in [0.25, 0.3) is 10.8 Å². The number of fused-ring (bicyclic) bond motifs is 2. The molecule has 6 aliphatic rings. The van der Waals surface area contributed by atoms with Gasteiger partial charge in [-0.2, -0.15) is 0 Å². The number of rotatable bonds is 18. The van der Waals surface area contributed by atoms with E-state index in [1.54, 1.807) is 41.5 Å². The molecule has 8 rings (SSSR count). The van der Waals surface area contributed by atoms with Gasteiger partial charge in [0.25, 0.3) is 0 Å². The summed E-state index contributed by atoms with van der Waals surface area (Å²) >= 11 is 0. The Balaban J connectivity index is 1.01. The Kier molecular flexibility index (Phi) is 20.5. The minimum absolute atomic E-state index is 0.0247. The van der Waals surface area contributed by atoms with Crippen LogP contribution in [0.15, 0.2) is 18.2 Å². The molecule has 5 aliphatic heterocycles. The number of esters is 2. The maximum absolute atomic E-state index is 15.0. The minimum Gasteiger partial charge on any atom is -0.507 e. The first-order chi connectivity index (χ1) is 39.0. The highest BCUT2D eigenvalue weighted by Crippen LogP contribution is 2.46. The molecule has 26 heteroatoms. The molecule has 2 aromatic rings. The van der Waals surface area contributed by atoms with Gasteiger partial charge in [-0.05, 0) is 78.0 Å². The van der Waals surface area contributed by atoms with E-state index in [0.717, 1.165) is 0 Å². The predicted molar refractivity (Wildman–Crippen MR) is 282 cm³/mol. The molecule has 83 heavy (non-hydrogen) atoms. The van der Waals surface area contributed by atoms with Gasteiger partial charge in [0.15, 0.2) is 42.8 Å². The largest absolute Gasteiger partial charge is 0.507 e. The number of methoxy groups -OCH3 is 1. The smallest absolute Gasteiger partial charge is 0.308 e. The molecular weight excluding hydrogens is 1100 g/mol. The summed E-state index contributed by atoms with van der Waals surface area (Å²) in [6.45, 7) is 15.2. The van der Waals surface area contributed by atoms with Gasteiger partial charge < -0.3 is 108 Å². The van der Waals surface area contributed by atoms with Crippen molar-refractivity contribution < 1.29 is 127 Å². The SMILES string of the molecule is COC(C(=O)C(O)C(C)O)C1Cc2cc3cc(OC4CC(OC(C)=O)C(OC5CC(O)C(O)C(C)O5)C(C)O4)cc(O)c3c(O)c2C(=O)C1OC1CC(OC2CC(OC3CC(C)(O)C(OC(=O)C(C)C)C(C)O3)C(O)C(C)O2)C(O)C(C)O1. The van der Waals surface area contributed by atoms with Crippen molar-refractivity contribution in [1.82, 2.24) is 0 Å². The number of phenols is 2. The Bertz CT molecular complexity index is 2600. The predicted octanol–water partition coefficient (Wildman–Crippen LogP) is 1.22. The van der Waals surface area contributed by atoms with E-state index in [0.29, 0.717) is 0 Å². The number of hydrogen-bond donors (Lipinski definition) is 9. The van der Waals surface area contributed by atoms with Crippen LogP contribution in [0.5, 0.6) is 17.2 Å². The van der Waals surface area contributed by atoms with E-state index >= 15 is 4.79 Å². The summed E-state index contributed by atoms with van der Waals surface area (Å²) in [6.07, 6.45) is -27.2. The number of benzene rings is 2. The molecule has 0 aromatic heterocycles. The fourth-order valence-electron chi connectivity index (χ4n) is 12.0. The van der Waals surface area contributed by atoms with Crippen molar-refractivity contribution in [2.24, 2.45) is 11.8 Å². The third-order valence-corrected chi connectivity index (χ3v) is 16.4. The highest BCUT2D eigenvalue weighted by Gasteiger charge is 2.53. The summed E-state index contributed by atoms with van der Waals surface area (Å²) in [4.78, 5) is 53.8. The molecule has 26 nitrogen and oxygen atoms in total. The first kappa shape index (κ1) is 64.7. The third kappa shape index (κ3) is 14.3. The number of aromatic hydroxyl groups is 2. The van der Waals surface area contributed by atoms with Gasteiger partial charge >= 0.3 is 11.9 Å². The van der Waals surface area contributed by atoms with Crippen molar-refractivity contribution in [2.45, 2.75) is 255 Å². The maximum Gasteiger partial charge on any atom is 0.308 e. The molecule has 466 valence electrons. The van der Waals surface area contributed by atoms with Crippen molar-refractivity contribution in [3.63, 3.8) is 0 Å². The Morgan fingerprint density at radius 3 is 1.81 bits per heavy atom. The number of aliphatic hydroxyl groups excluding tert-OH is 6. The van der Waals surface area contributed by atoms with Gasteiger partial charge in [0.05, 0.1) is 71.8 Å². The van der Waals surface area contributed by atoms with E-state index in [4.69, 9.17) is 61.6 Å². The topological polar surface area (TPSA) is 370 Å². The van der Waals surface area contributed by atoms with Gasteiger partial charge in [0.1, 0.15) is 71.7 Å². The summed E-state index contributed by atoms with van der Waals surface area (Å²) in [7, 11) is 1.17. The second kappa shape index (κ2) is 26.4. The molecular formula is C57H82O26. The summed E-state index contributed by atoms with van der Waals surface area (Å²) in [5, 5.41) is 99.5. The lowest BCUT2D eigenvalue weighted by atomic mass is 9.75. The Hall–Kier alpha value is -4.30. The van der Waals surface area contributed by atoms with Crippen LogP contribution in [-0.2, 0) is 77.6 Å². The van der Waals surface area contributed by atoms with Gasteiger partial charge in [-0.15, -0.1) is 0 Å². The molecule has 0 spiro atoms. The molecule has 5 fully saturated rings.